The van der Waals surface area contributed by atoms with Crippen LogP contribution in [0.15, 0.2) is 12.2 Å². The van der Waals surface area contributed by atoms with Gasteiger partial charge in [-0.25, -0.2) is 4.57 Å². The van der Waals surface area contributed by atoms with Gasteiger partial charge in [-0.15, -0.1) is 0 Å². The summed E-state index contributed by atoms with van der Waals surface area (Å²) in [7, 11) is -4.75. The van der Waals surface area contributed by atoms with Crippen molar-refractivity contribution < 1.29 is 52.2 Å². The van der Waals surface area contributed by atoms with Gasteiger partial charge in [0.1, 0.15) is 12.7 Å². The van der Waals surface area contributed by atoms with E-state index in [9.17, 15) is 28.9 Å². The normalized spacial score (nSPS) is 13.2. The van der Waals surface area contributed by atoms with Crippen LogP contribution in [0.5, 0.6) is 0 Å². The lowest BCUT2D eigenvalue weighted by Crippen LogP contribution is -2.30. The maximum Gasteiger partial charge on any atom is 0.472 e. The molecule has 2 N–H and O–H groups in total. The molecule has 0 spiro atoms. The monoisotopic (exact) mass is 1150 g/mol. The first kappa shape index (κ1) is 78.2. The molecule has 0 radical (unpaired) electrons. The van der Waals surface area contributed by atoms with Crippen molar-refractivity contribution in [2.75, 3.05) is 26.4 Å². The van der Waals surface area contributed by atoms with Crippen LogP contribution < -0.4 is 0 Å². The smallest absolute Gasteiger partial charge is 0.462 e. The molecule has 0 fully saturated rings. The van der Waals surface area contributed by atoms with E-state index < -0.39 is 57.8 Å². The highest BCUT2D eigenvalue weighted by Crippen LogP contribution is 2.43. The molecule has 0 aromatic carbocycles. The number of carbonyl (C=O) groups is 3. The first-order valence-corrected chi connectivity index (χ1v) is 36.1. The molecule has 0 aromatic heterocycles. The van der Waals surface area contributed by atoms with Gasteiger partial charge in [0.05, 0.1) is 19.8 Å². The minimum Gasteiger partial charge on any atom is -0.462 e. The van der Waals surface area contributed by atoms with Crippen LogP contribution in [-0.2, 0) is 42.2 Å². The summed E-state index contributed by atoms with van der Waals surface area (Å²) in [6, 6.07) is 0. The first-order chi connectivity index (χ1) is 39.2. The molecule has 12 heteroatoms. The van der Waals surface area contributed by atoms with Crippen LogP contribution in [0.1, 0.15) is 367 Å². The van der Waals surface area contributed by atoms with E-state index in [4.69, 9.17) is 23.3 Å². The van der Waals surface area contributed by atoms with Crippen LogP contribution >= 0.6 is 7.82 Å². The molecule has 0 heterocycles. The number of carbonyl (C=O) groups excluding carboxylic acids is 3. The van der Waals surface area contributed by atoms with Gasteiger partial charge in [-0.1, -0.05) is 315 Å². The highest BCUT2D eigenvalue weighted by Gasteiger charge is 2.28. The summed E-state index contributed by atoms with van der Waals surface area (Å²) in [5, 5.41) is 9.87. The summed E-state index contributed by atoms with van der Waals surface area (Å²) in [5.74, 6) is -1.42. The van der Waals surface area contributed by atoms with E-state index in [0.717, 1.165) is 57.8 Å². The topological polar surface area (TPSA) is 155 Å². The van der Waals surface area contributed by atoms with Crippen LogP contribution in [0, 0.1) is 0 Å². The van der Waals surface area contributed by atoms with Gasteiger partial charge in [-0.05, 0) is 44.9 Å². The minimum atomic E-state index is -4.75. The van der Waals surface area contributed by atoms with Crippen LogP contribution in [0.4, 0.5) is 0 Å². The van der Waals surface area contributed by atoms with E-state index in [1.165, 1.54) is 250 Å². The Balaban J connectivity index is 4.61. The van der Waals surface area contributed by atoms with Crippen LogP contribution in [0.2, 0.25) is 0 Å². The van der Waals surface area contributed by atoms with E-state index in [1.807, 2.05) is 0 Å². The van der Waals surface area contributed by atoms with Crippen molar-refractivity contribution in [1.82, 2.24) is 0 Å². The second kappa shape index (κ2) is 63.2. The largest absolute Gasteiger partial charge is 0.472 e. The summed E-state index contributed by atoms with van der Waals surface area (Å²) in [5.41, 5.74) is 0. The molecule has 0 saturated carbocycles. The Morgan fingerprint density at radius 2 is 0.575 bits per heavy atom. The minimum absolute atomic E-state index is 0.177. The third-order valence-corrected chi connectivity index (χ3v) is 16.6. The Morgan fingerprint density at radius 3 is 0.863 bits per heavy atom. The highest BCUT2D eigenvalue weighted by atomic mass is 31.2. The fourth-order valence-corrected chi connectivity index (χ4v) is 11.2. The molecule has 11 nitrogen and oxygen atoms in total. The van der Waals surface area contributed by atoms with Gasteiger partial charge in [-0.2, -0.15) is 0 Å². The van der Waals surface area contributed by atoms with Crippen molar-refractivity contribution in [3.63, 3.8) is 0 Å². The number of hydrogen-bond acceptors (Lipinski definition) is 10. The summed E-state index contributed by atoms with van der Waals surface area (Å²) in [6.07, 6.45) is 65.9. The number of unbranched alkanes of at least 4 members (excludes halogenated alkanes) is 47. The van der Waals surface area contributed by atoms with Crippen LogP contribution in [0.25, 0.3) is 0 Å². The lowest BCUT2D eigenvalue weighted by atomic mass is 10.0. The fraction of sp³-hybridized carbons (Fsp3) is 0.926. The molecule has 3 unspecified atom stereocenters. The lowest BCUT2D eigenvalue weighted by molar-refractivity contribution is -0.161. The Labute approximate surface area is 494 Å². The maximum absolute atomic E-state index is 13.0. The van der Waals surface area contributed by atoms with Crippen molar-refractivity contribution in [3.05, 3.63) is 12.2 Å². The molecule has 0 aliphatic rings. The van der Waals surface area contributed by atoms with E-state index in [2.05, 4.69) is 32.9 Å². The molecule has 474 valence electrons. The number of rotatable bonds is 66. The molecule has 80 heavy (non-hydrogen) atoms. The van der Waals surface area contributed by atoms with Gasteiger partial charge in [-0.3, -0.25) is 23.4 Å². The molecule has 0 aliphatic carbocycles. The van der Waals surface area contributed by atoms with Crippen molar-refractivity contribution in [2.45, 2.75) is 380 Å². The SMILES string of the molecule is CCCCCCCC/C=C\CCCCCCCCCCCC(=O)OCC(COP(=O)(O)OCC(CO)OC(=O)CCCCCCCCCCCCCCCCCCC)OC(=O)CCCCCCCCCCCCCCCCCCC. The zero-order valence-electron chi connectivity index (χ0n) is 52.8. The number of phosphoric acid groups is 1. The maximum atomic E-state index is 13.0. The Kier molecular flexibility index (Phi) is 61.8. The quantitative estimate of drug-likeness (QED) is 0.0197. The Morgan fingerprint density at radius 1 is 0.338 bits per heavy atom. The number of aliphatic hydroxyl groups is 1. The summed E-state index contributed by atoms with van der Waals surface area (Å²) in [4.78, 5) is 48.9. The molecular weight excluding hydrogens is 1020 g/mol. The second-order valence-electron chi connectivity index (χ2n) is 23.7. The zero-order chi connectivity index (χ0) is 58.3. The number of esters is 3. The number of aliphatic hydroxyl groups excluding tert-OH is 1. The molecule has 0 amide bonds. The molecule has 0 aromatic rings. The average molecular weight is 1160 g/mol. The summed E-state index contributed by atoms with van der Waals surface area (Å²) in [6.45, 7) is 4.75. The van der Waals surface area contributed by atoms with Gasteiger partial charge in [0.25, 0.3) is 0 Å². The summed E-state index contributed by atoms with van der Waals surface area (Å²) < 4.78 is 39.8. The van der Waals surface area contributed by atoms with E-state index in [1.54, 1.807) is 0 Å². The molecular formula is C68H131O11P. The number of phosphoric ester groups is 1. The number of allylic oxidation sites excluding steroid dienone is 2. The predicted molar refractivity (Wildman–Crippen MR) is 335 cm³/mol. The number of ether oxygens (including phenoxy) is 3. The molecule has 0 aliphatic heterocycles. The van der Waals surface area contributed by atoms with Gasteiger partial charge >= 0.3 is 25.7 Å². The van der Waals surface area contributed by atoms with Crippen molar-refractivity contribution in [3.8, 4) is 0 Å². The third-order valence-electron chi connectivity index (χ3n) is 15.7. The predicted octanol–water partition coefficient (Wildman–Crippen LogP) is 21.2. The molecule has 0 rings (SSSR count). The Bertz CT molecular complexity index is 1390. The van der Waals surface area contributed by atoms with Crippen molar-refractivity contribution >= 4 is 25.7 Å². The van der Waals surface area contributed by atoms with Crippen molar-refractivity contribution in [1.29, 1.82) is 0 Å². The van der Waals surface area contributed by atoms with E-state index in [0.29, 0.717) is 19.3 Å². The molecule has 0 bridgehead atoms. The lowest BCUT2D eigenvalue weighted by Gasteiger charge is -2.21. The van der Waals surface area contributed by atoms with Crippen LogP contribution in [-0.4, -0.2) is 66.5 Å². The number of hydrogen-bond donors (Lipinski definition) is 2. The fourth-order valence-electron chi connectivity index (χ4n) is 10.4. The Hall–Kier alpha value is -1.78. The first-order valence-electron chi connectivity index (χ1n) is 34.6. The van der Waals surface area contributed by atoms with Gasteiger partial charge in [0, 0.05) is 19.3 Å². The standard InChI is InChI=1S/C68H131O11P/c1-4-7-10-13-16-19-22-25-28-31-32-35-36-39-42-45-48-51-54-57-66(70)75-61-65(79-68(72)59-56-53-50-47-44-41-38-34-30-27-24-21-18-15-12-9-6-3)63-77-80(73,74)76-62-64(60-69)78-67(71)58-55-52-49-46-43-40-37-33-29-26-23-20-17-14-11-8-5-2/h25,28,64-65,69H,4-24,26-27,29-63H2,1-3H3,(H,73,74)/b28-25-. The summed E-state index contributed by atoms with van der Waals surface area (Å²) >= 11 is 0. The van der Waals surface area contributed by atoms with E-state index in [-0.39, 0.29) is 25.9 Å². The highest BCUT2D eigenvalue weighted by molar-refractivity contribution is 7.47. The molecule has 3 atom stereocenters. The van der Waals surface area contributed by atoms with Gasteiger partial charge < -0.3 is 24.2 Å². The molecule has 0 saturated heterocycles. The third kappa shape index (κ3) is 60.8. The zero-order valence-corrected chi connectivity index (χ0v) is 53.7. The van der Waals surface area contributed by atoms with Crippen molar-refractivity contribution in [2.24, 2.45) is 0 Å². The van der Waals surface area contributed by atoms with Gasteiger partial charge in [0.15, 0.2) is 6.10 Å². The van der Waals surface area contributed by atoms with Gasteiger partial charge in [0.2, 0.25) is 0 Å². The van der Waals surface area contributed by atoms with Crippen LogP contribution in [0.3, 0.4) is 0 Å². The second-order valence-corrected chi connectivity index (χ2v) is 25.2. The average Bonchev–Trinajstić information content (AvgIpc) is 3.45. The van der Waals surface area contributed by atoms with E-state index >= 15 is 0 Å².